The maximum Gasteiger partial charge on any atom is 0.139 e. The SMILES string of the molecule is N#Cc1ccccc1N1CCNCC1O. The summed E-state index contributed by atoms with van der Waals surface area (Å²) in [6, 6.07) is 9.49. The Bertz CT molecular complexity index is 386. The summed E-state index contributed by atoms with van der Waals surface area (Å²) in [6.07, 6.45) is -0.548. The second kappa shape index (κ2) is 4.30. The van der Waals surface area contributed by atoms with Crippen LogP contribution in [-0.2, 0) is 0 Å². The topological polar surface area (TPSA) is 59.3 Å². The number of nitrogens with one attached hydrogen (secondary N) is 1. The molecular weight excluding hydrogens is 190 g/mol. The number of para-hydroxylation sites is 1. The van der Waals surface area contributed by atoms with Crippen LogP contribution in [0.15, 0.2) is 24.3 Å². The number of rotatable bonds is 1. The van der Waals surface area contributed by atoms with Crippen LogP contribution in [0.3, 0.4) is 0 Å². The van der Waals surface area contributed by atoms with Crippen molar-refractivity contribution in [1.29, 1.82) is 5.26 Å². The highest BCUT2D eigenvalue weighted by Gasteiger charge is 2.21. The highest BCUT2D eigenvalue weighted by molar-refractivity contribution is 5.59. The fraction of sp³-hybridized carbons (Fsp3) is 0.364. The highest BCUT2D eigenvalue weighted by Crippen LogP contribution is 2.21. The molecule has 0 spiro atoms. The third-order valence-corrected chi connectivity index (χ3v) is 2.55. The van der Waals surface area contributed by atoms with E-state index in [2.05, 4.69) is 11.4 Å². The van der Waals surface area contributed by atoms with Gasteiger partial charge in [0.25, 0.3) is 0 Å². The predicted octanol–water partition coefficient (Wildman–Crippen LogP) is 0.286. The van der Waals surface area contributed by atoms with Gasteiger partial charge in [0.05, 0.1) is 11.3 Å². The van der Waals surface area contributed by atoms with Crippen molar-refractivity contribution in [2.45, 2.75) is 6.23 Å². The van der Waals surface area contributed by atoms with E-state index in [1.165, 1.54) is 0 Å². The molecule has 1 atom stereocenters. The van der Waals surface area contributed by atoms with Gasteiger partial charge in [0.15, 0.2) is 0 Å². The summed E-state index contributed by atoms with van der Waals surface area (Å²) in [5.74, 6) is 0. The maximum atomic E-state index is 9.80. The molecule has 1 aromatic rings. The Balaban J connectivity index is 2.31. The monoisotopic (exact) mass is 203 g/mol. The number of hydrogen-bond acceptors (Lipinski definition) is 4. The number of anilines is 1. The van der Waals surface area contributed by atoms with Crippen LogP contribution in [0.25, 0.3) is 0 Å². The number of nitrogens with zero attached hydrogens (tertiary/aromatic N) is 2. The standard InChI is InChI=1S/C11H13N3O/c12-7-9-3-1-2-4-10(9)14-6-5-13-8-11(14)15/h1-4,11,13,15H,5-6,8H2. The van der Waals surface area contributed by atoms with Crippen molar-refractivity contribution in [3.63, 3.8) is 0 Å². The normalized spacial score (nSPS) is 21.1. The smallest absolute Gasteiger partial charge is 0.139 e. The van der Waals surface area contributed by atoms with Crippen LogP contribution >= 0.6 is 0 Å². The molecule has 2 rings (SSSR count). The minimum atomic E-state index is -0.548. The van der Waals surface area contributed by atoms with Crippen molar-refractivity contribution in [2.75, 3.05) is 24.5 Å². The molecule has 1 unspecified atom stereocenters. The summed E-state index contributed by atoms with van der Waals surface area (Å²) in [5, 5.41) is 21.9. The lowest BCUT2D eigenvalue weighted by Crippen LogP contribution is -2.51. The molecule has 4 heteroatoms. The zero-order valence-corrected chi connectivity index (χ0v) is 8.35. The number of benzene rings is 1. The van der Waals surface area contributed by atoms with E-state index in [0.29, 0.717) is 12.1 Å². The van der Waals surface area contributed by atoms with Gasteiger partial charge in [-0.05, 0) is 12.1 Å². The van der Waals surface area contributed by atoms with Crippen LogP contribution in [0, 0.1) is 11.3 Å². The molecule has 0 bridgehead atoms. The first kappa shape index (κ1) is 9.97. The van der Waals surface area contributed by atoms with Gasteiger partial charge in [-0.3, -0.25) is 0 Å². The highest BCUT2D eigenvalue weighted by atomic mass is 16.3. The Morgan fingerprint density at radius 2 is 2.27 bits per heavy atom. The van der Waals surface area contributed by atoms with Gasteiger partial charge in [0, 0.05) is 19.6 Å². The van der Waals surface area contributed by atoms with Gasteiger partial charge < -0.3 is 15.3 Å². The molecule has 0 amide bonds. The maximum absolute atomic E-state index is 9.80. The molecule has 1 aliphatic heterocycles. The van der Waals surface area contributed by atoms with Gasteiger partial charge in [-0.25, -0.2) is 0 Å². The van der Waals surface area contributed by atoms with Gasteiger partial charge in [0.1, 0.15) is 12.3 Å². The molecule has 2 N–H and O–H groups in total. The van der Waals surface area contributed by atoms with Crippen molar-refractivity contribution in [3.05, 3.63) is 29.8 Å². The van der Waals surface area contributed by atoms with E-state index in [1.807, 2.05) is 23.1 Å². The predicted molar refractivity (Wildman–Crippen MR) is 57.4 cm³/mol. The van der Waals surface area contributed by atoms with E-state index in [0.717, 1.165) is 18.8 Å². The second-order valence-electron chi connectivity index (χ2n) is 3.51. The summed E-state index contributed by atoms with van der Waals surface area (Å²) in [5.41, 5.74) is 1.42. The van der Waals surface area contributed by atoms with Crippen molar-refractivity contribution in [3.8, 4) is 6.07 Å². The molecule has 78 valence electrons. The molecule has 0 aliphatic carbocycles. The number of aliphatic hydroxyl groups is 1. The average molecular weight is 203 g/mol. The molecule has 1 heterocycles. The summed E-state index contributed by atoms with van der Waals surface area (Å²) in [7, 11) is 0. The minimum Gasteiger partial charge on any atom is -0.372 e. The van der Waals surface area contributed by atoms with Crippen LogP contribution in [0.4, 0.5) is 5.69 Å². The quantitative estimate of drug-likeness (QED) is 0.688. The third kappa shape index (κ3) is 1.94. The Kier molecular flexibility index (Phi) is 2.86. The van der Waals surface area contributed by atoms with Gasteiger partial charge in [-0.15, -0.1) is 0 Å². The van der Waals surface area contributed by atoms with E-state index < -0.39 is 6.23 Å². The van der Waals surface area contributed by atoms with Crippen molar-refractivity contribution in [2.24, 2.45) is 0 Å². The first-order valence-electron chi connectivity index (χ1n) is 4.97. The summed E-state index contributed by atoms with van der Waals surface area (Å²) in [6.45, 7) is 2.09. The fourth-order valence-electron chi connectivity index (χ4n) is 1.79. The number of nitriles is 1. The van der Waals surface area contributed by atoms with Crippen molar-refractivity contribution in [1.82, 2.24) is 5.32 Å². The lowest BCUT2D eigenvalue weighted by molar-refractivity contribution is 0.151. The van der Waals surface area contributed by atoms with E-state index in [9.17, 15) is 5.11 Å². The van der Waals surface area contributed by atoms with Gasteiger partial charge in [-0.1, -0.05) is 12.1 Å². The van der Waals surface area contributed by atoms with Crippen LogP contribution in [0.5, 0.6) is 0 Å². The molecule has 15 heavy (non-hydrogen) atoms. The lowest BCUT2D eigenvalue weighted by Gasteiger charge is -2.34. The van der Waals surface area contributed by atoms with Crippen LogP contribution in [0.1, 0.15) is 5.56 Å². The molecule has 0 radical (unpaired) electrons. The number of hydrogen-bond donors (Lipinski definition) is 2. The van der Waals surface area contributed by atoms with Gasteiger partial charge in [-0.2, -0.15) is 5.26 Å². The molecule has 0 aromatic heterocycles. The van der Waals surface area contributed by atoms with E-state index >= 15 is 0 Å². The lowest BCUT2D eigenvalue weighted by atomic mass is 10.1. The fourth-order valence-corrected chi connectivity index (χ4v) is 1.79. The zero-order valence-electron chi connectivity index (χ0n) is 8.35. The number of β-amino-alcohol motifs (C(OH)–C–C–N with tert-alkyl or cyclic N) is 1. The number of aliphatic hydroxyl groups excluding tert-OH is 1. The Labute approximate surface area is 88.7 Å². The molecule has 1 aliphatic rings. The molecule has 1 aromatic carbocycles. The van der Waals surface area contributed by atoms with Gasteiger partial charge in [0.2, 0.25) is 0 Å². The molecule has 1 fully saturated rings. The molecule has 0 saturated carbocycles. The average Bonchev–Trinajstić information content (AvgIpc) is 2.30. The van der Waals surface area contributed by atoms with Crippen molar-refractivity contribution < 1.29 is 5.11 Å². The van der Waals surface area contributed by atoms with E-state index in [1.54, 1.807) is 6.07 Å². The minimum absolute atomic E-state index is 0.541. The third-order valence-electron chi connectivity index (χ3n) is 2.55. The Hall–Kier alpha value is -1.57. The largest absolute Gasteiger partial charge is 0.372 e. The second-order valence-corrected chi connectivity index (χ2v) is 3.51. The first-order chi connectivity index (χ1) is 7.33. The summed E-state index contributed by atoms with van der Waals surface area (Å²) < 4.78 is 0. The van der Waals surface area contributed by atoms with Crippen LogP contribution < -0.4 is 10.2 Å². The molecule has 4 nitrogen and oxygen atoms in total. The molecule has 1 saturated heterocycles. The van der Waals surface area contributed by atoms with Crippen LogP contribution in [-0.4, -0.2) is 31.0 Å². The van der Waals surface area contributed by atoms with Crippen molar-refractivity contribution >= 4 is 5.69 Å². The Morgan fingerprint density at radius 1 is 1.47 bits per heavy atom. The van der Waals surface area contributed by atoms with E-state index in [-0.39, 0.29) is 0 Å². The zero-order chi connectivity index (χ0) is 10.7. The van der Waals surface area contributed by atoms with Crippen LogP contribution in [0.2, 0.25) is 0 Å². The molecular formula is C11H13N3O. The summed E-state index contributed by atoms with van der Waals surface area (Å²) >= 11 is 0. The van der Waals surface area contributed by atoms with Gasteiger partial charge >= 0.3 is 0 Å². The first-order valence-corrected chi connectivity index (χ1v) is 4.97. The van der Waals surface area contributed by atoms with E-state index in [4.69, 9.17) is 5.26 Å². The summed E-state index contributed by atoms with van der Waals surface area (Å²) in [4.78, 5) is 1.86. The number of piperazine rings is 1. The Morgan fingerprint density at radius 3 is 3.00 bits per heavy atom.